The minimum absolute atomic E-state index is 0.270. The van der Waals surface area contributed by atoms with Crippen LogP contribution in [0.3, 0.4) is 0 Å². The van der Waals surface area contributed by atoms with Crippen LogP contribution in [0.15, 0.2) is 70.8 Å². The van der Waals surface area contributed by atoms with Crippen molar-refractivity contribution in [1.29, 1.82) is 5.26 Å². The fourth-order valence-electron chi connectivity index (χ4n) is 2.68. The van der Waals surface area contributed by atoms with Crippen molar-refractivity contribution >= 4 is 23.4 Å². The zero-order chi connectivity index (χ0) is 19.5. The molecule has 28 heavy (non-hydrogen) atoms. The third-order valence-corrected chi connectivity index (χ3v) is 5.17. The molecule has 8 heteroatoms. The van der Waals surface area contributed by atoms with Crippen molar-refractivity contribution < 1.29 is 0 Å². The molecule has 2 heterocycles. The first kappa shape index (κ1) is 18.2. The summed E-state index contributed by atoms with van der Waals surface area (Å²) in [7, 11) is 0. The van der Waals surface area contributed by atoms with E-state index < -0.39 is 0 Å². The Morgan fingerprint density at radius 2 is 1.71 bits per heavy atom. The van der Waals surface area contributed by atoms with Crippen LogP contribution in [-0.4, -0.2) is 25.0 Å². The first-order chi connectivity index (χ1) is 13.7. The van der Waals surface area contributed by atoms with Crippen LogP contribution in [0.25, 0.3) is 17.1 Å². The van der Waals surface area contributed by atoms with E-state index in [1.807, 2.05) is 66.1 Å². The minimum atomic E-state index is 0.270. The van der Waals surface area contributed by atoms with Gasteiger partial charge in [-0.25, -0.2) is 0 Å². The summed E-state index contributed by atoms with van der Waals surface area (Å²) in [6.45, 7) is 2.04. The number of para-hydroxylation sites is 1. The van der Waals surface area contributed by atoms with Gasteiger partial charge in [-0.2, -0.15) is 5.26 Å². The zero-order valence-electron chi connectivity index (χ0n) is 14.7. The first-order valence-corrected chi connectivity index (χ1v) is 9.54. The molecular weight excluding hydrogens is 392 g/mol. The number of rotatable bonds is 4. The summed E-state index contributed by atoms with van der Waals surface area (Å²) in [6.07, 6.45) is 0. The highest BCUT2D eigenvalue weighted by atomic mass is 35.5. The molecule has 136 valence electrons. The zero-order valence-corrected chi connectivity index (χ0v) is 16.3. The topological polar surface area (TPSA) is 80.3 Å². The van der Waals surface area contributed by atoms with Crippen LogP contribution in [0.4, 0.5) is 0 Å². The molecule has 2 aromatic carbocycles. The van der Waals surface area contributed by atoms with E-state index in [0.717, 1.165) is 16.8 Å². The molecular formula is C20H13ClN6S. The van der Waals surface area contributed by atoms with E-state index in [1.165, 1.54) is 11.8 Å². The highest BCUT2D eigenvalue weighted by Gasteiger charge is 2.18. The maximum absolute atomic E-state index is 8.90. The highest BCUT2D eigenvalue weighted by Crippen LogP contribution is 2.32. The van der Waals surface area contributed by atoms with Gasteiger partial charge in [0.2, 0.25) is 5.16 Å². The lowest BCUT2D eigenvalue weighted by molar-refractivity contribution is 0.864. The fraction of sp³-hybridized carbons (Fsp3) is 0.0500. The predicted molar refractivity (Wildman–Crippen MR) is 107 cm³/mol. The van der Waals surface area contributed by atoms with E-state index in [4.69, 9.17) is 16.9 Å². The molecule has 4 rings (SSSR count). The van der Waals surface area contributed by atoms with Gasteiger partial charge in [0.05, 0.1) is 5.69 Å². The molecule has 0 amide bonds. The molecule has 0 atom stereocenters. The van der Waals surface area contributed by atoms with Crippen molar-refractivity contribution in [3.05, 3.63) is 76.9 Å². The average molecular weight is 405 g/mol. The van der Waals surface area contributed by atoms with Crippen molar-refractivity contribution in [3.63, 3.8) is 0 Å². The van der Waals surface area contributed by atoms with Gasteiger partial charge in [0.15, 0.2) is 11.5 Å². The summed E-state index contributed by atoms with van der Waals surface area (Å²) in [6, 6.07) is 20.8. The average Bonchev–Trinajstić information content (AvgIpc) is 3.13. The molecule has 0 aliphatic rings. The molecule has 0 aliphatic heterocycles. The molecule has 0 unspecified atom stereocenters. The van der Waals surface area contributed by atoms with Gasteiger partial charge in [0.1, 0.15) is 11.1 Å². The van der Waals surface area contributed by atoms with Crippen LogP contribution in [-0.2, 0) is 0 Å². The summed E-state index contributed by atoms with van der Waals surface area (Å²) in [5, 5.41) is 27.6. The van der Waals surface area contributed by atoms with E-state index in [-0.39, 0.29) is 5.69 Å². The summed E-state index contributed by atoms with van der Waals surface area (Å²) in [5.74, 6) is 0.704. The van der Waals surface area contributed by atoms with Gasteiger partial charge in [-0.05, 0) is 66.7 Å². The fourth-order valence-corrected chi connectivity index (χ4v) is 3.57. The summed E-state index contributed by atoms with van der Waals surface area (Å²) in [4.78, 5) is 0. The monoisotopic (exact) mass is 404 g/mol. The molecule has 0 fully saturated rings. The van der Waals surface area contributed by atoms with E-state index in [2.05, 4.69) is 20.4 Å². The third kappa shape index (κ3) is 3.60. The number of benzene rings is 2. The van der Waals surface area contributed by atoms with Gasteiger partial charge in [-0.3, -0.25) is 4.57 Å². The molecule has 0 aliphatic carbocycles. The second-order valence-electron chi connectivity index (χ2n) is 5.91. The van der Waals surface area contributed by atoms with Crippen molar-refractivity contribution in [3.8, 4) is 23.1 Å². The Kier molecular flexibility index (Phi) is 5.06. The molecule has 0 radical (unpaired) electrons. The predicted octanol–water partition coefficient (Wildman–Crippen LogP) is 4.71. The van der Waals surface area contributed by atoms with Crippen molar-refractivity contribution in [1.82, 2.24) is 25.0 Å². The summed E-state index contributed by atoms with van der Waals surface area (Å²) < 4.78 is 1.99. The molecule has 0 N–H and O–H groups in total. The van der Waals surface area contributed by atoms with Crippen molar-refractivity contribution in [2.45, 2.75) is 17.1 Å². The normalized spacial score (nSPS) is 10.6. The minimum Gasteiger partial charge on any atom is -0.269 e. The van der Waals surface area contributed by atoms with E-state index >= 15 is 0 Å². The van der Waals surface area contributed by atoms with Crippen LogP contribution < -0.4 is 0 Å². The lowest BCUT2D eigenvalue weighted by atomic mass is 10.1. The van der Waals surface area contributed by atoms with Gasteiger partial charge in [-0.15, -0.1) is 20.4 Å². The number of hydrogen-bond donors (Lipinski definition) is 0. The number of halogens is 1. The standard InChI is InChI=1S/C20H13ClN6S/c1-13-4-2-3-5-17(13)27-19(14-6-8-15(21)9-7-14)25-26-20(27)28-18-11-10-16(12-22)23-24-18/h2-11H,1H3. The SMILES string of the molecule is Cc1ccccc1-n1c(Sc2ccc(C#N)nn2)nnc1-c1ccc(Cl)cc1. The maximum Gasteiger partial charge on any atom is 0.202 e. The van der Waals surface area contributed by atoms with E-state index in [9.17, 15) is 0 Å². The Bertz CT molecular complexity index is 1160. The second-order valence-corrected chi connectivity index (χ2v) is 7.33. The van der Waals surface area contributed by atoms with Crippen LogP contribution in [0, 0.1) is 18.3 Å². The smallest absolute Gasteiger partial charge is 0.202 e. The molecule has 0 saturated heterocycles. The number of aryl methyl sites for hydroxylation is 1. The lowest BCUT2D eigenvalue weighted by Gasteiger charge is -2.12. The largest absolute Gasteiger partial charge is 0.269 e. The Morgan fingerprint density at radius 3 is 2.39 bits per heavy atom. The van der Waals surface area contributed by atoms with Gasteiger partial charge < -0.3 is 0 Å². The van der Waals surface area contributed by atoms with Crippen LogP contribution >= 0.6 is 23.4 Å². The Morgan fingerprint density at radius 1 is 0.929 bits per heavy atom. The number of aromatic nitrogens is 5. The molecule has 0 bridgehead atoms. The van der Waals surface area contributed by atoms with Crippen molar-refractivity contribution in [2.75, 3.05) is 0 Å². The molecule has 0 saturated carbocycles. The van der Waals surface area contributed by atoms with Crippen LogP contribution in [0.5, 0.6) is 0 Å². The number of nitrogens with zero attached hydrogens (tertiary/aromatic N) is 6. The molecule has 6 nitrogen and oxygen atoms in total. The summed E-state index contributed by atoms with van der Waals surface area (Å²) >= 11 is 7.37. The van der Waals surface area contributed by atoms with Crippen molar-refractivity contribution in [2.24, 2.45) is 0 Å². The maximum atomic E-state index is 8.90. The number of hydrogen-bond acceptors (Lipinski definition) is 6. The van der Waals surface area contributed by atoms with Gasteiger partial charge in [-0.1, -0.05) is 29.8 Å². The van der Waals surface area contributed by atoms with E-state index in [0.29, 0.717) is 21.0 Å². The Balaban J connectivity index is 1.83. The van der Waals surface area contributed by atoms with Crippen LogP contribution in [0.1, 0.15) is 11.3 Å². The second kappa shape index (κ2) is 7.80. The first-order valence-electron chi connectivity index (χ1n) is 8.35. The molecule has 2 aromatic heterocycles. The lowest BCUT2D eigenvalue weighted by Crippen LogP contribution is -2.02. The van der Waals surface area contributed by atoms with E-state index in [1.54, 1.807) is 12.1 Å². The van der Waals surface area contributed by atoms with Gasteiger partial charge in [0, 0.05) is 10.6 Å². The van der Waals surface area contributed by atoms with Crippen LogP contribution in [0.2, 0.25) is 5.02 Å². The Hall–Kier alpha value is -3.21. The highest BCUT2D eigenvalue weighted by molar-refractivity contribution is 7.99. The van der Waals surface area contributed by atoms with Gasteiger partial charge >= 0.3 is 0 Å². The third-order valence-electron chi connectivity index (χ3n) is 4.04. The molecule has 0 spiro atoms. The summed E-state index contributed by atoms with van der Waals surface area (Å²) in [5.41, 5.74) is 3.23. The molecule has 4 aromatic rings. The quantitative estimate of drug-likeness (QED) is 0.490. The van der Waals surface area contributed by atoms with Gasteiger partial charge in [0.25, 0.3) is 0 Å². The Labute approximate surface area is 170 Å². The number of nitriles is 1.